The molecule has 6 nitrogen and oxygen atoms in total. The van der Waals surface area contributed by atoms with Gasteiger partial charge >= 0.3 is 0 Å². The minimum Gasteiger partial charge on any atom is -0.493 e. The summed E-state index contributed by atoms with van der Waals surface area (Å²) >= 11 is 1.34. The van der Waals surface area contributed by atoms with Crippen LogP contribution in [0.1, 0.15) is 31.2 Å². The van der Waals surface area contributed by atoms with Crippen LogP contribution in [0.2, 0.25) is 0 Å². The number of aromatic nitrogens is 1. The van der Waals surface area contributed by atoms with Gasteiger partial charge < -0.3 is 14.8 Å². The van der Waals surface area contributed by atoms with Crippen LogP contribution >= 0.6 is 11.3 Å². The molecule has 0 saturated heterocycles. The number of nitrogens with one attached hydrogen (secondary N) is 1. The van der Waals surface area contributed by atoms with Gasteiger partial charge in [0.15, 0.2) is 11.5 Å². The first-order valence-corrected chi connectivity index (χ1v) is 10.7. The Balaban J connectivity index is 1.54. The molecule has 4 aromatic rings. The largest absolute Gasteiger partial charge is 0.493 e. The number of nitrogens with zero attached hydrogens (tertiary/aromatic N) is 1. The van der Waals surface area contributed by atoms with E-state index >= 15 is 0 Å². The molecule has 0 unspecified atom stereocenters. The van der Waals surface area contributed by atoms with Crippen LogP contribution < -0.4 is 14.8 Å². The number of pyridine rings is 1. The third-order valence-electron chi connectivity index (χ3n) is 4.70. The molecule has 0 bridgehead atoms. The van der Waals surface area contributed by atoms with Crippen molar-refractivity contribution in [1.29, 1.82) is 0 Å². The van der Waals surface area contributed by atoms with Gasteiger partial charge in [0.2, 0.25) is 5.78 Å². The molecule has 32 heavy (non-hydrogen) atoms. The molecule has 4 rings (SSSR count). The third kappa shape index (κ3) is 4.84. The normalized spacial score (nSPS) is 10.4. The predicted molar refractivity (Wildman–Crippen MR) is 124 cm³/mol. The van der Waals surface area contributed by atoms with Crippen molar-refractivity contribution in [2.75, 3.05) is 12.4 Å². The third-order valence-corrected chi connectivity index (χ3v) is 5.57. The number of ether oxygens (including phenoxy) is 2. The smallest absolute Gasteiger partial charge is 0.256 e. The Morgan fingerprint density at radius 2 is 1.81 bits per heavy atom. The molecule has 0 aliphatic heterocycles. The highest BCUT2D eigenvalue weighted by molar-refractivity contribution is 7.12. The second-order valence-electron chi connectivity index (χ2n) is 6.82. The summed E-state index contributed by atoms with van der Waals surface area (Å²) in [6.07, 6.45) is 3.42. The van der Waals surface area contributed by atoms with Gasteiger partial charge in [0.05, 0.1) is 17.6 Å². The first-order valence-electron chi connectivity index (χ1n) is 9.84. The molecule has 7 heteroatoms. The Labute approximate surface area is 189 Å². The lowest BCUT2D eigenvalue weighted by Crippen LogP contribution is -2.16. The Hall–Kier alpha value is -3.97. The quantitative estimate of drug-likeness (QED) is 0.377. The van der Waals surface area contributed by atoms with Crippen LogP contribution in [0.15, 0.2) is 84.5 Å². The van der Waals surface area contributed by atoms with E-state index in [4.69, 9.17) is 9.47 Å². The van der Waals surface area contributed by atoms with Crippen molar-refractivity contribution < 1.29 is 19.1 Å². The Bertz CT molecular complexity index is 1220. The lowest BCUT2D eigenvalue weighted by Gasteiger charge is -2.14. The number of carbonyl (C=O) groups is 2. The van der Waals surface area contributed by atoms with Crippen molar-refractivity contribution in [2.24, 2.45) is 0 Å². The number of amides is 1. The Morgan fingerprint density at radius 3 is 2.53 bits per heavy atom. The van der Waals surface area contributed by atoms with Gasteiger partial charge in [-0.3, -0.25) is 14.6 Å². The molecule has 1 N–H and O–H groups in total. The minimum atomic E-state index is -0.381. The zero-order valence-electron chi connectivity index (χ0n) is 17.3. The first kappa shape index (κ1) is 21.3. The van der Waals surface area contributed by atoms with Crippen LogP contribution in [0.3, 0.4) is 0 Å². The summed E-state index contributed by atoms with van der Waals surface area (Å²) in [6.45, 7) is 0.305. The Morgan fingerprint density at radius 1 is 0.969 bits per heavy atom. The summed E-state index contributed by atoms with van der Waals surface area (Å²) in [5, 5.41) is 4.69. The monoisotopic (exact) mass is 444 g/mol. The molecule has 1 amide bonds. The van der Waals surface area contributed by atoms with Crippen LogP contribution in [-0.2, 0) is 6.61 Å². The number of hydrogen-bond acceptors (Lipinski definition) is 6. The fourth-order valence-corrected chi connectivity index (χ4v) is 3.81. The van der Waals surface area contributed by atoms with E-state index in [0.717, 1.165) is 5.56 Å². The van der Waals surface area contributed by atoms with E-state index in [-0.39, 0.29) is 11.7 Å². The van der Waals surface area contributed by atoms with Crippen molar-refractivity contribution in [3.05, 3.63) is 106 Å². The van der Waals surface area contributed by atoms with E-state index in [1.165, 1.54) is 11.3 Å². The molecule has 0 radical (unpaired) electrons. The van der Waals surface area contributed by atoms with E-state index in [1.807, 2.05) is 23.6 Å². The number of rotatable bonds is 8. The number of ketones is 1. The van der Waals surface area contributed by atoms with E-state index in [1.54, 1.807) is 68.0 Å². The lowest BCUT2D eigenvalue weighted by molar-refractivity contribution is 0.0997. The van der Waals surface area contributed by atoms with E-state index < -0.39 is 0 Å². The molecule has 0 saturated carbocycles. The summed E-state index contributed by atoms with van der Waals surface area (Å²) in [5.74, 6) is 0.465. The second-order valence-corrected chi connectivity index (χ2v) is 7.77. The molecule has 0 aliphatic carbocycles. The summed E-state index contributed by atoms with van der Waals surface area (Å²) < 4.78 is 11.3. The van der Waals surface area contributed by atoms with E-state index in [0.29, 0.717) is 39.8 Å². The van der Waals surface area contributed by atoms with Gasteiger partial charge in [-0.2, -0.15) is 0 Å². The van der Waals surface area contributed by atoms with Crippen molar-refractivity contribution >= 4 is 28.7 Å². The molecule has 0 atom stereocenters. The zero-order chi connectivity index (χ0) is 22.3. The highest BCUT2D eigenvalue weighted by atomic mass is 32.1. The number of anilines is 1. The fourth-order valence-electron chi connectivity index (χ4n) is 3.13. The SMILES string of the molecule is COc1ccc(NC(=O)c2ccccc2C(=O)c2cccs2)cc1OCc1cccnc1. The lowest BCUT2D eigenvalue weighted by atomic mass is 10.0. The Kier molecular flexibility index (Phi) is 6.57. The molecular weight excluding hydrogens is 424 g/mol. The van der Waals surface area contributed by atoms with Gasteiger partial charge in [-0.25, -0.2) is 0 Å². The summed E-state index contributed by atoms with van der Waals surface area (Å²) in [4.78, 5) is 30.5. The molecule has 0 fully saturated rings. The van der Waals surface area contributed by atoms with Crippen molar-refractivity contribution in [2.45, 2.75) is 6.61 Å². The zero-order valence-corrected chi connectivity index (χ0v) is 18.1. The maximum Gasteiger partial charge on any atom is 0.256 e. The van der Waals surface area contributed by atoms with Crippen LogP contribution in [0, 0.1) is 0 Å². The van der Waals surface area contributed by atoms with Crippen LogP contribution in [-0.4, -0.2) is 23.8 Å². The number of carbonyl (C=O) groups excluding carboxylic acids is 2. The second kappa shape index (κ2) is 9.89. The maximum atomic E-state index is 13.0. The van der Waals surface area contributed by atoms with Crippen LogP contribution in [0.4, 0.5) is 5.69 Å². The number of benzene rings is 2. The molecule has 160 valence electrons. The van der Waals surface area contributed by atoms with Crippen LogP contribution in [0.25, 0.3) is 0 Å². The van der Waals surface area contributed by atoms with Crippen LogP contribution in [0.5, 0.6) is 11.5 Å². The van der Waals surface area contributed by atoms with Gasteiger partial charge in [-0.1, -0.05) is 30.3 Å². The highest BCUT2D eigenvalue weighted by Crippen LogP contribution is 2.31. The minimum absolute atomic E-state index is 0.180. The first-order chi connectivity index (χ1) is 15.7. The number of thiophene rings is 1. The fraction of sp³-hybridized carbons (Fsp3) is 0.0800. The van der Waals surface area contributed by atoms with Crippen molar-refractivity contribution in [3.8, 4) is 11.5 Å². The molecule has 2 heterocycles. The van der Waals surface area contributed by atoms with Gasteiger partial charge in [0.25, 0.3) is 5.91 Å². The average molecular weight is 445 g/mol. The topological polar surface area (TPSA) is 77.5 Å². The summed E-state index contributed by atoms with van der Waals surface area (Å²) in [6, 6.07) is 19.2. The standard InChI is InChI=1S/C25H20N2O4S/c1-30-21-11-10-18(14-22(21)31-16-17-6-4-12-26-15-17)27-25(29)20-8-3-2-7-19(20)24(28)23-9-5-13-32-23/h2-15H,16H2,1H3,(H,27,29). The van der Waals surface area contributed by atoms with Crippen molar-refractivity contribution in [3.63, 3.8) is 0 Å². The van der Waals surface area contributed by atoms with Crippen molar-refractivity contribution in [1.82, 2.24) is 4.98 Å². The van der Waals surface area contributed by atoms with Gasteiger partial charge in [-0.15, -0.1) is 11.3 Å². The predicted octanol–water partition coefficient (Wildman–Crippen LogP) is 5.21. The number of hydrogen-bond donors (Lipinski definition) is 1. The van der Waals surface area contributed by atoms with E-state index in [9.17, 15) is 9.59 Å². The molecular formula is C25H20N2O4S. The maximum absolute atomic E-state index is 13.0. The van der Waals surface area contributed by atoms with Gasteiger partial charge in [0.1, 0.15) is 6.61 Å². The average Bonchev–Trinajstić information content (AvgIpc) is 3.38. The van der Waals surface area contributed by atoms with Gasteiger partial charge in [-0.05, 0) is 35.7 Å². The number of methoxy groups -OCH3 is 1. The molecule has 2 aromatic carbocycles. The summed E-state index contributed by atoms with van der Waals surface area (Å²) in [5.41, 5.74) is 2.09. The molecule has 0 spiro atoms. The highest BCUT2D eigenvalue weighted by Gasteiger charge is 2.19. The molecule has 0 aliphatic rings. The molecule has 2 aromatic heterocycles. The van der Waals surface area contributed by atoms with Gasteiger partial charge in [0, 0.05) is 35.3 Å². The summed E-state index contributed by atoms with van der Waals surface area (Å²) in [7, 11) is 1.55. The van der Waals surface area contributed by atoms with E-state index in [2.05, 4.69) is 10.3 Å².